The highest BCUT2D eigenvalue weighted by Crippen LogP contribution is 2.17. The van der Waals surface area contributed by atoms with Gasteiger partial charge in [0.2, 0.25) is 0 Å². The minimum absolute atomic E-state index is 0.187. The number of hydrogen-bond donors (Lipinski definition) is 2. The van der Waals surface area contributed by atoms with Crippen LogP contribution in [0.2, 0.25) is 0 Å². The summed E-state index contributed by atoms with van der Waals surface area (Å²) in [6.45, 7) is 12.1. The zero-order valence-corrected chi connectivity index (χ0v) is 31.8. The number of hydrogen-bond acceptors (Lipinski definition) is 13. The number of nitrogens with zero attached hydrogens (tertiary/aromatic N) is 8. The van der Waals surface area contributed by atoms with Crippen molar-refractivity contribution < 1.29 is 33.3 Å². The van der Waals surface area contributed by atoms with Crippen molar-refractivity contribution in [3.05, 3.63) is 76.5 Å². The zero-order valence-electron chi connectivity index (χ0n) is 31.0. The van der Waals surface area contributed by atoms with Gasteiger partial charge in [0.25, 0.3) is 5.91 Å². The van der Waals surface area contributed by atoms with E-state index in [1.165, 1.54) is 0 Å². The van der Waals surface area contributed by atoms with Crippen molar-refractivity contribution >= 4 is 29.0 Å². The Hall–Kier alpha value is -4.30. The summed E-state index contributed by atoms with van der Waals surface area (Å²) in [6, 6.07) is 6.77. The summed E-state index contributed by atoms with van der Waals surface area (Å²) < 4.78 is 31.4. The summed E-state index contributed by atoms with van der Waals surface area (Å²) >= 11 is 1.65. The Morgan fingerprint density at radius 1 is 0.833 bits per heavy atom. The number of thiazole rings is 1. The third kappa shape index (κ3) is 14.8. The molecule has 1 saturated heterocycles. The number of aryl methyl sites for hydroxylation is 1. The number of amides is 3. The van der Waals surface area contributed by atoms with Crippen LogP contribution in [-0.2, 0) is 49.9 Å². The van der Waals surface area contributed by atoms with Gasteiger partial charge in [-0.2, -0.15) is 0 Å². The molecule has 0 aliphatic carbocycles. The molecule has 17 nitrogen and oxygen atoms in total. The van der Waals surface area contributed by atoms with Crippen LogP contribution in [0.4, 0.5) is 10.5 Å². The molecule has 0 radical (unpaired) electrons. The number of nitrogens with one attached hydrogen (secondary N) is 2. The van der Waals surface area contributed by atoms with Crippen LogP contribution in [0.5, 0.6) is 0 Å². The number of carbonyl (C=O) groups is 2. The molecule has 1 aromatic carbocycles. The fourth-order valence-electron chi connectivity index (χ4n) is 5.55. The number of imidazole rings is 1. The summed E-state index contributed by atoms with van der Waals surface area (Å²) in [5.74, 6) is -0.317. The van der Waals surface area contributed by atoms with Crippen molar-refractivity contribution in [1.82, 2.24) is 44.6 Å². The standard InChI is InChI=1S/C36H52N10O7S/c1-30-39-32(28-54-30)26-43-8-4-9-45(12-11-43)36(48)40-34-6-3-2-5-33(34)35(47)38-25-31-27-46(42-41-31)14-16-50-18-20-52-22-24-53-23-21-51-19-17-49-15-13-44-10-7-37-29-44/h2-3,5-7,10,27-29H,4,8-9,11-26H2,1H3,(H,38,47)(H,40,48). The Morgan fingerprint density at radius 2 is 1.54 bits per heavy atom. The van der Waals surface area contributed by atoms with Gasteiger partial charge < -0.3 is 43.8 Å². The van der Waals surface area contributed by atoms with E-state index >= 15 is 0 Å². The van der Waals surface area contributed by atoms with Crippen molar-refractivity contribution in [2.24, 2.45) is 0 Å². The first-order valence-electron chi connectivity index (χ1n) is 18.3. The van der Waals surface area contributed by atoms with E-state index in [2.05, 4.69) is 41.2 Å². The first kappa shape index (κ1) is 40.9. The molecule has 294 valence electrons. The van der Waals surface area contributed by atoms with E-state index in [4.69, 9.17) is 23.7 Å². The highest BCUT2D eigenvalue weighted by molar-refractivity contribution is 7.09. The molecule has 1 fully saturated rings. The fourth-order valence-corrected chi connectivity index (χ4v) is 6.15. The van der Waals surface area contributed by atoms with Crippen molar-refractivity contribution in [3.8, 4) is 0 Å². The molecule has 54 heavy (non-hydrogen) atoms. The number of urea groups is 1. The number of rotatable bonds is 24. The predicted octanol–water partition coefficient (Wildman–Crippen LogP) is 2.69. The van der Waals surface area contributed by atoms with E-state index in [1.54, 1.807) is 63.9 Å². The summed E-state index contributed by atoms with van der Waals surface area (Å²) in [7, 11) is 0. The van der Waals surface area contributed by atoms with Gasteiger partial charge in [-0.1, -0.05) is 17.3 Å². The van der Waals surface area contributed by atoms with Gasteiger partial charge in [0.1, 0.15) is 5.69 Å². The second-order valence-corrected chi connectivity index (χ2v) is 13.5. The van der Waals surface area contributed by atoms with Crippen LogP contribution in [0.1, 0.15) is 33.2 Å². The maximum atomic E-state index is 13.2. The summed E-state index contributed by atoms with van der Waals surface area (Å²) in [5, 5.41) is 17.3. The molecule has 18 heteroatoms. The second-order valence-electron chi connectivity index (χ2n) is 12.5. The Kier molecular flexibility index (Phi) is 17.8. The van der Waals surface area contributed by atoms with Gasteiger partial charge in [-0.15, -0.1) is 16.4 Å². The van der Waals surface area contributed by atoms with Crippen molar-refractivity contribution in [1.29, 1.82) is 0 Å². The van der Waals surface area contributed by atoms with E-state index in [9.17, 15) is 9.59 Å². The molecule has 5 rings (SSSR count). The molecule has 3 aromatic heterocycles. The Labute approximate surface area is 319 Å². The Balaban J connectivity index is 0.875. The molecule has 0 atom stereocenters. The van der Waals surface area contributed by atoms with Crippen molar-refractivity contribution in [2.75, 3.05) is 97.6 Å². The SMILES string of the molecule is Cc1nc(CN2CCCN(C(=O)Nc3ccccc3C(=O)NCc3cn(CCOCCOCCOCCOCCOCCn4ccnc4)nn3)CC2)cs1. The molecule has 0 bridgehead atoms. The molecular weight excluding hydrogens is 717 g/mol. The van der Waals surface area contributed by atoms with Crippen LogP contribution in [0, 0.1) is 6.92 Å². The first-order chi connectivity index (χ1) is 26.5. The lowest BCUT2D eigenvalue weighted by molar-refractivity contribution is -0.0120. The molecule has 0 spiro atoms. The molecule has 3 amide bonds. The van der Waals surface area contributed by atoms with Crippen LogP contribution in [0.15, 0.2) is 54.6 Å². The van der Waals surface area contributed by atoms with Gasteiger partial charge in [0, 0.05) is 57.0 Å². The van der Waals surface area contributed by atoms with E-state index in [-0.39, 0.29) is 18.5 Å². The number of ether oxygens (including phenoxy) is 5. The molecular formula is C36H52N10O7S. The molecule has 1 aliphatic heterocycles. The highest BCUT2D eigenvalue weighted by Gasteiger charge is 2.21. The van der Waals surface area contributed by atoms with Gasteiger partial charge >= 0.3 is 6.03 Å². The van der Waals surface area contributed by atoms with Crippen LogP contribution in [0.3, 0.4) is 0 Å². The minimum Gasteiger partial charge on any atom is -0.377 e. The Morgan fingerprint density at radius 3 is 2.22 bits per heavy atom. The third-order valence-corrected chi connectivity index (χ3v) is 9.19. The molecule has 1 aliphatic rings. The highest BCUT2D eigenvalue weighted by atomic mass is 32.1. The zero-order chi connectivity index (χ0) is 37.6. The van der Waals surface area contributed by atoms with Crippen LogP contribution in [0.25, 0.3) is 0 Å². The number of para-hydroxylation sites is 1. The maximum Gasteiger partial charge on any atom is 0.321 e. The quantitative estimate of drug-likeness (QED) is 0.100. The van der Waals surface area contributed by atoms with Crippen molar-refractivity contribution in [2.45, 2.75) is 39.5 Å². The summed E-state index contributed by atoms with van der Waals surface area (Å²) in [4.78, 5) is 39.1. The Bertz CT molecular complexity index is 1650. The minimum atomic E-state index is -0.317. The molecule has 0 saturated carbocycles. The van der Waals surface area contributed by atoms with E-state index in [1.807, 2.05) is 17.7 Å². The van der Waals surface area contributed by atoms with E-state index in [0.717, 1.165) is 43.3 Å². The topological polar surface area (TPSA) is 172 Å². The second kappa shape index (κ2) is 23.5. The van der Waals surface area contributed by atoms with Gasteiger partial charge in [-0.05, 0) is 25.5 Å². The fraction of sp³-hybridized carbons (Fsp3) is 0.556. The van der Waals surface area contributed by atoms with E-state index < -0.39 is 0 Å². The first-order valence-corrected chi connectivity index (χ1v) is 19.2. The molecule has 4 heterocycles. The largest absolute Gasteiger partial charge is 0.377 e. The average Bonchev–Trinajstić information content (AvgIpc) is 3.93. The lowest BCUT2D eigenvalue weighted by Gasteiger charge is -2.22. The van der Waals surface area contributed by atoms with Gasteiger partial charge in [-0.3, -0.25) is 9.69 Å². The average molecular weight is 769 g/mol. The van der Waals surface area contributed by atoms with Crippen LogP contribution >= 0.6 is 11.3 Å². The summed E-state index contributed by atoms with van der Waals surface area (Å²) in [5.41, 5.74) is 2.50. The summed E-state index contributed by atoms with van der Waals surface area (Å²) in [6.07, 6.45) is 8.04. The molecule has 2 N–H and O–H groups in total. The van der Waals surface area contributed by atoms with Crippen LogP contribution in [-0.4, -0.2) is 144 Å². The van der Waals surface area contributed by atoms with Gasteiger partial charge in [-0.25, -0.2) is 19.4 Å². The number of carbonyl (C=O) groups excluding carboxylic acids is 2. The number of anilines is 1. The van der Waals surface area contributed by atoms with E-state index in [0.29, 0.717) is 103 Å². The number of aromatic nitrogens is 6. The predicted molar refractivity (Wildman–Crippen MR) is 201 cm³/mol. The molecule has 0 unspecified atom stereocenters. The lowest BCUT2D eigenvalue weighted by atomic mass is 10.1. The smallest absolute Gasteiger partial charge is 0.321 e. The lowest BCUT2D eigenvalue weighted by Crippen LogP contribution is -2.38. The molecule has 4 aromatic rings. The van der Waals surface area contributed by atoms with Gasteiger partial charge in [0.05, 0.1) is 114 Å². The monoisotopic (exact) mass is 768 g/mol. The maximum absolute atomic E-state index is 13.2. The normalized spacial score (nSPS) is 13.6. The third-order valence-electron chi connectivity index (χ3n) is 8.36. The number of benzene rings is 1. The van der Waals surface area contributed by atoms with Crippen molar-refractivity contribution in [3.63, 3.8) is 0 Å². The van der Waals surface area contributed by atoms with Crippen LogP contribution < -0.4 is 10.6 Å². The van der Waals surface area contributed by atoms with Gasteiger partial charge in [0.15, 0.2) is 0 Å².